The van der Waals surface area contributed by atoms with Crippen LogP contribution in [0.15, 0.2) is 0 Å². The molecule has 2 heterocycles. The van der Waals surface area contributed by atoms with Crippen molar-refractivity contribution >= 4 is 23.9 Å². The van der Waals surface area contributed by atoms with Gasteiger partial charge < -0.3 is 9.47 Å². The smallest absolute Gasteiger partial charge is 0.317 e. The van der Waals surface area contributed by atoms with Crippen LogP contribution in [0.5, 0.6) is 0 Å². The fraction of sp³-hybridized carbons (Fsp3) is 0.750. The quantitative estimate of drug-likeness (QED) is 0.500. The second-order valence-electron chi connectivity index (χ2n) is 6.37. The average molecular weight is 310 g/mol. The molecule has 6 nitrogen and oxygen atoms in total. The summed E-state index contributed by atoms with van der Waals surface area (Å²) in [4.78, 5) is 46.6. The fourth-order valence-corrected chi connectivity index (χ4v) is 4.47. The van der Waals surface area contributed by atoms with Crippen LogP contribution in [-0.4, -0.2) is 23.9 Å². The SMILES string of the molecule is C.C.O=C1OC(=O)C2CC3CC4C(=O)OC(=O)C4CC3CC12. The molecule has 2 aliphatic heterocycles. The summed E-state index contributed by atoms with van der Waals surface area (Å²) < 4.78 is 9.43. The van der Waals surface area contributed by atoms with Crippen LogP contribution < -0.4 is 0 Å². The Morgan fingerprint density at radius 2 is 0.773 bits per heavy atom. The van der Waals surface area contributed by atoms with Gasteiger partial charge in [-0.15, -0.1) is 0 Å². The summed E-state index contributed by atoms with van der Waals surface area (Å²) in [5.41, 5.74) is 0. The van der Waals surface area contributed by atoms with Crippen molar-refractivity contribution in [3.05, 3.63) is 0 Å². The van der Waals surface area contributed by atoms with Gasteiger partial charge in [0.15, 0.2) is 0 Å². The van der Waals surface area contributed by atoms with Crippen LogP contribution in [0.2, 0.25) is 0 Å². The minimum atomic E-state index is -0.425. The van der Waals surface area contributed by atoms with E-state index in [4.69, 9.17) is 9.47 Å². The van der Waals surface area contributed by atoms with Crippen molar-refractivity contribution in [1.82, 2.24) is 0 Å². The summed E-state index contributed by atoms with van der Waals surface area (Å²) in [6.07, 6.45) is 2.35. The molecule has 0 bridgehead atoms. The van der Waals surface area contributed by atoms with E-state index in [0.717, 1.165) is 0 Å². The molecular weight excluding hydrogens is 288 g/mol. The van der Waals surface area contributed by atoms with Gasteiger partial charge in [0.1, 0.15) is 0 Å². The first kappa shape index (κ1) is 16.6. The third-order valence-corrected chi connectivity index (χ3v) is 5.48. The van der Waals surface area contributed by atoms with Crippen molar-refractivity contribution in [3.8, 4) is 0 Å². The van der Waals surface area contributed by atoms with Crippen LogP contribution in [0.4, 0.5) is 0 Å². The van der Waals surface area contributed by atoms with Crippen LogP contribution in [0.3, 0.4) is 0 Å². The number of hydrogen-bond acceptors (Lipinski definition) is 6. The van der Waals surface area contributed by atoms with E-state index >= 15 is 0 Å². The summed E-state index contributed by atoms with van der Waals surface area (Å²) in [5.74, 6) is -2.71. The highest BCUT2D eigenvalue weighted by Crippen LogP contribution is 2.52. The van der Waals surface area contributed by atoms with Crippen molar-refractivity contribution < 1.29 is 28.7 Å². The van der Waals surface area contributed by atoms with E-state index in [9.17, 15) is 19.2 Å². The molecular formula is C16H22O6. The van der Waals surface area contributed by atoms with Crippen molar-refractivity contribution in [2.24, 2.45) is 35.5 Å². The Kier molecular flexibility index (Phi) is 4.15. The van der Waals surface area contributed by atoms with Gasteiger partial charge in [0.25, 0.3) is 0 Å². The first-order valence-electron chi connectivity index (χ1n) is 7.05. The normalized spacial score (nSPS) is 42.2. The number of hydrogen-bond donors (Lipinski definition) is 0. The number of fused-ring (bicyclic) bond motifs is 3. The van der Waals surface area contributed by atoms with Gasteiger partial charge in [-0.1, -0.05) is 14.9 Å². The third kappa shape index (κ3) is 2.16. The number of cyclic esters (lactones) is 4. The molecule has 4 fully saturated rings. The summed E-state index contributed by atoms with van der Waals surface area (Å²) in [6.45, 7) is 0. The topological polar surface area (TPSA) is 86.7 Å². The van der Waals surface area contributed by atoms with Crippen LogP contribution >= 0.6 is 0 Å². The Morgan fingerprint density at radius 3 is 1.00 bits per heavy atom. The molecule has 4 aliphatic rings. The summed E-state index contributed by atoms with van der Waals surface area (Å²) >= 11 is 0. The zero-order valence-electron chi connectivity index (χ0n) is 10.7. The Labute approximate surface area is 129 Å². The highest BCUT2D eigenvalue weighted by atomic mass is 16.6. The highest BCUT2D eigenvalue weighted by molar-refractivity contribution is 5.97. The second-order valence-corrected chi connectivity index (χ2v) is 6.37. The molecule has 2 saturated heterocycles. The van der Waals surface area contributed by atoms with E-state index in [0.29, 0.717) is 25.7 Å². The Hall–Kier alpha value is -1.72. The van der Waals surface area contributed by atoms with Gasteiger partial charge in [-0.25, -0.2) is 0 Å². The Bertz CT molecular complexity index is 447. The van der Waals surface area contributed by atoms with Gasteiger partial charge >= 0.3 is 23.9 Å². The van der Waals surface area contributed by atoms with Gasteiger partial charge in [0.2, 0.25) is 0 Å². The lowest BCUT2D eigenvalue weighted by Crippen LogP contribution is -2.41. The molecule has 2 aliphatic carbocycles. The maximum absolute atomic E-state index is 11.6. The van der Waals surface area contributed by atoms with Crippen molar-refractivity contribution in [2.45, 2.75) is 40.5 Å². The fourth-order valence-electron chi connectivity index (χ4n) is 4.47. The molecule has 0 aromatic carbocycles. The van der Waals surface area contributed by atoms with Gasteiger partial charge in [-0.2, -0.15) is 0 Å². The van der Waals surface area contributed by atoms with Gasteiger partial charge in [0, 0.05) is 0 Å². The standard InChI is InChI=1S/C14H14O6.2CH4/c15-11-7-1-5-2-9-10(14(18)20-13(9)17)4-6(5)3-8(7)12(16)19-11;;/h5-10H,1-4H2;2*1H4. The minimum Gasteiger partial charge on any atom is -0.393 e. The molecule has 122 valence electrons. The number of carbonyl (C=O) groups is 4. The Morgan fingerprint density at radius 1 is 0.545 bits per heavy atom. The third-order valence-electron chi connectivity index (χ3n) is 5.48. The average Bonchev–Trinajstić information content (AvgIpc) is 2.84. The molecule has 4 unspecified atom stereocenters. The van der Waals surface area contributed by atoms with E-state index in [1.54, 1.807) is 0 Å². The molecule has 0 N–H and O–H groups in total. The van der Waals surface area contributed by atoms with Crippen molar-refractivity contribution in [1.29, 1.82) is 0 Å². The molecule has 4 rings (SSSR count). The van der Waals surface area contributed by atoms with E-state index in [2.05, 4.69) is 0 Å². The number of carbonyl (C=O) groups excluding carboxylic acids is 4. The largest absolute Gasteiger partial charge is 0.393 e. The minimum absolute atomic E-state index is 0. The maximum Gasteiger partial charge on any atom is 0.317 e. The zero-order chi connectivity index (χ0) is 14.0. The van der Waals surface area contributed by atoms with Crippen molar-refractivity contribution in [2.75, 3.05) is 0 Å². The molecule has 6 heteroatoms. The van der Waals surface area contributed by atoms with E-state index in [-0.39, 0.29) is 50.4 Å². The van der Waals surface area contributed by atoms with Crippen LogP contribution in [0.1, 0.15) is 40.5 Å². The van der Waals surface area contributed by atoms with Crippen molar-refractivity contribution in [3.63, 3.8) is 0 Å². The first-order valence-corrected chi connectivity index (χ1v) is 7.05. The number of rotatable bonds is 0. The van der Waals surface area contributed by atoms with Crippen LogP contribution in [0.25, 0.3) is 0 Å². The molecule has 22 heavy (non-hydrogen) atoms. The lowest BCUT2D eigenvalue weighted by molar-refractivity contribution is -0.155. The van der Waals surface area contributed by atoms with E-state index in [1.165, 1.54) is 0 Å². The predicted octanol–water partition coefficient (Wildman–Crippen LogP) is 1.71. The number of esters is 4. The molecule has 2 saturated carbocycles. The first-order chi connectivity index (χ1) is 9.54. The second kappa shape index (κ2) is 5.48. The maximum atomic E-state index is 11.6. The molecule has 0 aromatic rings. The van der Waals surface area contributed by atoms with E-state index in [1.807, 2.05) is 0 Å². The van der Waals surface area contributed by atoms with Gasteiger partial charge in [-0.05, 0) is 37.5 Å². The summed E-state index contributed by atoms with van der Waals surface area (Å²) in [7, 11) is 0. The molecule has 0 aromatic heterocycles. The molecule has 4 atom stereocenters. The summed E-state index contributed by atoms with van der Waals surface area (Å²) in [5, 5.41) is 0. The summed E-state index contributed by atoms with van der Waals surface area (Å²) in [6, 6.07) is 0. The monoisotopic (exact) mass is 310 g/mol. The molecule has 0 radical (unpaired) electrons. The molecule has 0 amide bonds. The highest BCUT2D eigenvalue weighted by Gasteiger charge is 2.56. The lowest BCUT2D eigenvalue weighted by atomic mass is 9.59. The van der Waals surface area contributed by atoms with Crippen LogP contribution in [0, 0.1) is 35.5 Å². The lowest BCUT2D eigenvalue weighted by Gasteiger charge is -2.41. The number of ether oxygens (including phenoxy) is 2. The Balaban J connectivity index is 0.000000882. The van der Waals surface area contributed by atoms with E-state index < -0.39 is 23.9 Å². The molecule has 0 spiro atoms. The predicted molar refractivity (Wildman–Crippen MR) is 75.1 cm³/mol. The van der Waals surface area contributed by atoms with Gasteiger partial charge in [-0.3, -0.25) is 19.2 Å². The zero-order valence-corrected chi connectivity index (χ0v) is 10.7. The van der Waals surface area contributed by atoms with Gasteiger partial charge in [0.05, 0.1) is 23.7 Å². The van der Waals surface area contributed by atoms with Crippen LogP contribution in [-0.2, 0) is 28.7 Å².